The topological polar surface area (TPSA) is 51.3 Å². The molecular weight excluding hydrogens is 334 g/mol. The zero-order chi connectivity index (χ0) is 15.1. The number of hydrogen-bond acceptors (Lipinski definition) is 3. The van der Waals surface area contributed by atoms with E-state index in [1.807, 2.05) is 25.1 Å². The van der Waals surface area contributed by atoms with Crippen LogP contribution in [0.25, 0.3) is 21.7 Å². The van der Waals surface area contributed by atoms with Crippen LogP contribution < -0.4 is 15.0 Å². The van der Waals surface area contributed by atoms with E-state index in [9.17, 15) is 4.79 Å². The summed E-state index contributed by atoms with van der Waals surface area (Å²) < 4.78 is 11.5. The van der Waals surface area contributed by atoms with Crippen LogP contribution in [0.3, 0.4) is 0 Å². The number of benzene rings is 2. The molecule has 0 unspecified atom stereocenters. The number of pyridine rings is 1. The summed E-state index contributed by atoms with van der Waals surface area (Å²) in [7, 11) is 3.18. The molecule has 3 rings (SSSR count). The fraction of sp³-hybridized carbons (Fsp3) is 0.188. The van der Waals surface area contributed by atoms with Crippen LogP contribution >= 0.6 is 15.9 Å². The Morgan fingerprint density at radius 1 is 1.10 bits per heavy atom. The number of nitrogens with one attached hydrogen (secondary N) is 1. The molecule has 1 aromatic heterocycles. The van der Waals surface area contributed by atoms with E-state index in [0.29, 0.717) is 11.1 Å². The number of methoxy groups -OCH3 is 2. The summed E-state index contributed by atoms with van der Waals surface area (Å²) in [5.74, 6) is 1.29. The van der Waals surface area contributed by atoms with Gasteiger partial charge in [0.1, 0.15) is 11.5 Å². The van der Waals surface area contributed by atoms with Crippen molar-refractivity contribution in [3.8, 4) is 11.5 Å². The van der Waals surface area contributed by atoms with Gasteiger partial charge in [0.25, 0.3) is 5.56 Å². The van der Waals surface area contributed by atoms with E-state index >= 15 is 0 Å². The molecule has 0 aliphatic heterocycles. The Morgan fingerprint density at radius 3 is 2.48 bits per heavy atom. The highest BCUT2D eigenvalue weighted by atomic mass is 79.9. The molecule has 0 saturated carbocycles. The number of ether oxygens (including phenoxy) is 2. The first-order chi connectivity index (χ1) is 10.1. The molecule has 21 heavy (non-hydrogen) atoms. The van der Waals surface area contributed by atoms with Gasteiger partial charge in [-0.25, -0.2) is 0 Å². The molecule has 0 saturated heterocycles. The lowest BCUT2D eigenvalue weighted by Crippen LogP contribution is -2.09. The predicted molar refractivity (Wildman–Crippen MR) is 87.6 cm³/mol. The van der Waals surface area contributed by atoms with Crippen molar-refractivity contribution in [3.63, 3.8) is 0 Å². The first-order valence-corrected chi connectivity index (χ1v) is 7.23. The quantitative estimate of drug-likeness (QED) is 0.718. The second-order valence-corrected chi connectivity index (χ2v) is 5.59. The predicted octanol–water partition coefficient (Wildman–Crippen LogP) is 3.77. The van der Waals surface area contributed by atoms with E-state index < -0.39 is 0 Å². The van der Waals surface area contributed by atoms with E-state index in [-0.39, 0.29) is 5.56 Å². The molecule has 0 amide bonds. The molecular formula is C16H14BrNO3. The zero-order valence-corrected chi connectivity index (χ0v) is 13.5. The molecule has 4 nitrogen and oxygen atoms in total. The third-order valence-electron chi connectivity index (χ3n) is 3.63. The average Bonchev–Trinajstić information content (AvgIpc) is 2.50. The molecule has 0 spiro atoms. The van der Waals surface area contributed by atoms with Crippen LogP contribution in [-0.2, 0) is 0 Å². The van der Waals surface area contributed by atoms with Gasteiger partial charge < -0.3 is 14.5 Å². The Kier molecular flexibility index (Phi) is 3.37. The molecule has 1 N–H and O–H groups in total. The van der Waals surface area contributed by atoms with Gasteiger partial charge in [-0.2, -0.15) is 0 Å². The number of rotatable bonds is 2. The molecule has 1 heterocycles. The second kappa shape index (κ2) is 5.07. The Morgan fingerprint density at radius 2 is 1.81 bits per heavy atom. The maximum absolute atomic E-state index is 12.4. The van der Waals surface area contributed by atoms with Crippen molar-refractivity contribution in [2.24, 2.45) is 0 Å². The SMILES string of the molecule is COc1cc(C)c2[nH]c(=O)c3c(OC)cccc3c2c1Br. The highest BCUT2D eigenvalue weighted by Crippen LogP contribution is 2.39. The van der Waals surface area contributed by atoms with Gasteiger partial charge in [0, 0.05) is 10.8 Å². The van der Waals surface area contributed by atoms with Gasteiger partial charge in [-0.15, -0.1) is 0 Å². The van der Waals surface area contributed by atoms with E-state index in [2.05, 4.69) is 20.9 Å². The number of H-pyrrole nitrogens is 1. The summed E-state index contributed by atoms with van der Waals surface area (Å²) in [6.07, 6.45) is 0. The molecule has 0 atom stereocenters. The van der Waals surface area contributed by atoms with E-state index in [1.165, 1.54) is 0 Å². The normalized spacial score (nSPS) is 11.0. The Bertz CT molecular complexity index is 915. The van der Waals surface area contributed by atoms with Crippen LogP contribution in [0, 0.1) is 6.92 Å². The van der Waals surface area contributed by atoms with Crippen molar-refractivity contribution < 1.29 is 9.47 Å². The van der Waals surface area contributed by atoms with Crippen LogP contribution in [0.4, 0.5) is 0 Å². The number of aromatic amines is 1. The number of aryl methyl sites for hydroxylation is 1. The van der Waals surface area contributed by atoms with Crippen molar-refractivity contribution in [2.75, 3.05) is 14.2 Å². The van der Waals surface area contributed by atoms with Crippen molar-refractivity contribution >= 4 is 37.6 Å². The summed E-state index contributed by atoms with van der Waals surface area (Å²) >= 11 is 3.58. The average molecular weight is 348 g/mol. The third kappa shape index (κ3) is 2.00. The summed E-state index contributed by atoms with van der Waals surface area (Å²) in [5, 5.41) is 2.29. The molecule has 108 valence electrons. The molecule has 0 bridgehead atoms. The standard InChI is InChI=1S/C16H14BrNO3/c1-8-7-11(21-3)14(17)13-9-5-4-6-10(20-2)12(9)16(19)18-15(8)13/h4-7H,1-3H3,(H,18,19). The Hall–Kier alpha value is -2.01. The van der Waals surface area contributed by atoms with Gasteiger partial charge in [-0.3, -0.25) is 4.79 Å². The van der Waals surface area contributed by atoms with Crippen molar-refractivity contribution in [2.45, 2.75) is 6.92 Å². The molecule has 3 aromatic rings. The van der Waals surface area contributed by atoms with E-state index in [4.69, 9.17) is 9.47 Å². The van der Waals surface area contributed by atoms with Crippen molar-refractivity contribution in [1.29, 1.82) is 0 Å². The van der Waals surface area contributed by atoms with Crippen LogP contribution in [-0.4, -0.2) is 19.2 Å². The van der Waals surface area contributed by atoms with E-state index in [0.717, 1.165) is 32.1 Å². The maximum Gasteiger partial charge on any atom is 0.260 e. The summed E-state index contributed by atoms with van der Waals surface area (Å²) in [6, 6.07) is 7.47. The van der Waals surface area contributed by atoms with Gasteiger partial charge in [0.05, 0.1) is 29.6 Å². The maximum atomic E-state index is 12.4. The Balaban J connectivity index is 2.65. The number of aromatic nitrogens is 1. The van der Waals surface area contributed by atoms with Crippen molar-refractivity contribution in [3.05, 3.63) is 44.7 Å². The van der Waals surface area contributed by atoms with Crippen LogP contribution in [0.2, 0.25) is 0 Å². The first-order valence-electron chi connectivity index (χ1n) is 6.44. The minimum Gasteiger partial charge on any atom is -0.496 e. The number of fused-ring (bicyclic) bond motifs is 3. The van der Waals surface area contributed by atoms with E-state index in [1.54, 1.807) is 20.3 Å². The summed E-state index contributed by atoms with van der Waals surface area (Å²) in [5.41, 5.74) is 1.59. The summed E-state index contributed by atoms with van der Waals surface area (Å²) in [4.78, 5) is 15.4. The highest BCUT2D eigenvalue weighted by Gasteiger charge is 2.16. The number of halogens is 1. The van der Waals surface area contributed by atoms with Crippen molar-refractivity contribution in [1.82, 2.24) is 4.98 Å². The molecule has 0 aliphatic carbocycles. The minimum atomic E-state index is -0.157. The zero-order valence-electron chi connectivity index (χ0n) is 11.9. The fourth-order valence-corrected chi connectivity index (χ4v) is 3.33. The van der Waals surface area contributed by atoms with Gasteiger partial charge >= 0.3 is 0 Å². The summed E-state index contributed by atoms with van der Waals surface area (Å²) in [6.45, 7) is 1.94. The highest BCUT2D eigenvalue weighted by molar-refractivity contribution is 9.10. The van der Waals surface area contributed by atoms with Gasteiger partial charge in [-0.1, -0.05) is 12.1 Å². The van der Waals surface area contributed by atoms with Crippen LogP contribution in [0.5, 0.6) is 11.5 Å². The van der Waals surface area contributed by atoms with Crippen LogP contribution in [0.1, 0.15) is 5.56 Å². The largest absolute Gasteiger partial charge is 0.496 e. The lowest BCUT2D eigenvalue weighted by atomic mass is 10.0. The smallest absolute Gasteiger partial charge is 0.260 e. The first kappa shape index (κ1) is 13.9. The number of hydrogen-bond donors (Lipinski definition) is 1. The second-order valence-electron chi connectivity index (χ2n) is 4.80. The van der Waals surface area contributed by atoms with Gasteiger partial charge in [-0.05, 0) is 40.5 Å². The third-order valence-corrected chi connectivity index (χ3v) is 4.42. The molecule has 5 heteroatoms. The lowest BCUT2D eigenvalue weighted by molar-refractivity contribution is 0.412. The van der Waals surface area contributed by atoms with Crippen LogP contribution in [0.15, 0.2) is 33.5 Å². The molecule has 0 fully saturated rings. The Labute approximate surface area is 129 Å². The lowest BCUT2D eigenvalue weighted by Gasteiger charge is -2.13. The monoisotopic (exact) mass is 347 g/mol. The minimum absolute atomic E-state index is 0.157. The molecule has 2 aromatic carbocycles. The molecule has 0 radical (unpaired) electrons. The van der Waals surface area contributed by atoms with Gasteiger partial charge in [0.15, 0.2) is 0 Å². The fourth-order valence-electron chi connectivity index (χ4n) is 2.64. The van der Waals surface area contributed by atoms with Gasteiger partial charge in [0.2, 0.25) is 0 Å². The molecule has 0 aliphatic rings.